The number of hydrogen-bond donors (Lipinski definition) is 4. The Bertz CT molecular complexity index is 1390. The highest BCUT2D eigenvalue weighted by molar-refractivity contribution is 6.00. The van der Waals surface area contributed by atoms with Crippen molar-refractivity contribution >= 4 is 29.0 Å². The van der Waals surface area contributed by atoms with Gasteiger partial charge in [-0.25, -0.2) is 0 Å². The molecule has 4 N–H and O–H groups in total. The molecule has 194 valence electrons. The number of anilines is 3. The van der Waals surface area contributed by atoms with Crippen LogP contribution in [0.4, 0.5) is 17.2 Å². The lowest BCUT2D eigenvalue weighted by molar-refractivity contribution is -0.117. The van der Waals surface area contributed by atoms with E-state index in [2.05, 4.69) is 41.2 Å². The van der Waals surface area contributed by atoms with Gasteiger partial charge in [0.2, 0.25) is 17.6 Å². The number of nitrogens with one attached hydrogen (secondary N) is 4. The number of aromatic nitrogens is 4. The zero-order valence-corrected chi connectivity index (χ0v) is 20.2. The van der Waals surface area contributed by atoms with Crippen molar-refractivity contribution in [2.75, 3.05) is 50.9 Å². The molecule has 0 spiro atoms. The normalized spacial score (nSPS) is 17.3. The summed E-state index contributed by atoms with van der Waals surface area (Å²) in [4.78, 5) is 31.8. The maximum absolute atomic E-state index is 12.8. The van der Waals surface area contributed by atoms with Gasteiger partial charge in [0.25, 0.3) is 5.91 Å². The van der Waals surface area contributed by atoms with Crippen molar-refractivity contribution in [3.05, 3.63) is 35.9 Å². The Morgan fingerprint density at radius 1 is 1.24 bits per heavy atom. The maximum Gasteiger partial charge on any atom is 0.273 e. The number of para-hydroxylation sites is 1. The van der Waals surface area contributed by atoms with Crippen molar-refractivity contribution in [2.45, 2.75) is 19.4 Å². The number of hydrogen-bond acceptors (Lipinski definition) is 11. The zero-order chi connectivity index (χ0) is 28.3. The van der Waals surface area contributed by atoms with Gasteiger partial charge in [0.05, 0.1) is 30.6 Å². The van der Waals surface area contributed by atoms with Gasteiger partial charge in [0.1, 0.15) is 0 Å². The van der Waals surface area contributed by atoms with E-state index in [0.29, 0.717) is 35.3 Å². The summed E-state index contributed by atoms with van der Waals surface area (Å²) >= 11 is 0. The van der Waals surface area contributed by atoms with Crippen LogP contribution >= 0.6 is 0 Å². The van der Waals surface area contributed by atoms with Gasteiger partial charge in [-0.2, -0.15) is 4.98 Å². The van der Waals surface area contributed by atoms with Gasteiger partial charge in [0.15, 0.2) is 17.3 Å². The number of piperazine rings is 1. The molecule has 2 amide bonds. The average molecular weight is 511 g/mol. The smallest absolute Gasteiger partial charge is 0.273 e. The Morgan fingerprint density at radius 3 is 2.84 bits per heavy atom. The third-order valence-electron chi connectivity index (χ3n) is 6.09. The molecule has 5 rings (SSSR count). The minimum Gasteiger partial charge on any atom is -0.494 e. The molecular formula is C24H29N9O4. The van der Waals surface area contributed by atoms with Crippen LogP contribution in [0.1, 0.15) is 33.3 Å². The van der Waals surface area contributed by atoms with Crippen molar-refractivity contribution in [3.8, 4) is 17.1 Å². The summed E-state index contributed by atoms with van der Waals surface area (Å²) in [7, 11) is 1.47. The van der Waals surface area contributed by atoms with E-state index in [9.17, 15) is 9.59 Å². The molecule has 2 fully saturated rings. The van der Waals surface area contributed by atoms with Gasteiger partial charge < -0.3 is 30.5 Å². The highest BCUT2D eigenvalue weighted by Crippen LogP contribution is 2.37. The van der Waals surface area contributed by atoms with E-state index in [0.717, 1.165) is 39.0 Å². The van der Waals surface area contributed by atoms with Crippen LogP contribution in [0.5, 0.6) is 5.75 Å². The molecule has 0 radical (unpaired) electrons. The zero-order valence-electron chi connectivity index (χ0n) is 23.2. The van der Waals surface area contributed by atoms with Crippen molar-refractivity contribution in [3.63, 3.8) is 0 Å². The molecule has 0 atom stereocenters. The number of carbonyl (C=O) groups excluding carboxylic acids is 2. The molecule has 3 heterocycles. The van der Waals surface area contributed by atoms with Gasteiger partial charge in [0, 0.05) is 49.3 Å². The predicted octanol–water partition coefficient (Wildman–Crippen LogP) is 1.39. The lowest BCUT2D eigenvalue weighted by Gasteiger charge is -2.25. The fraction of sp³-hybridized carbons (Fsp3) is 0.417. The van der Waals surface area contributed by atoms with E-state index in [4.69, 9.17) is 13.4 Å². The van der Waals surface area contributed by atoms with Gasteiger partial charge in [-0.05, 0) is 25.0 Å². The van der Waals surface area contributed by atoms with Crippen LogP contribution < -0.4 is 26.0 Å². The highest BCUT2D eigenvalue weighted by atomic mass is 16.5. The second kappa shape index (κ2) is 10.9. The molecule has 1 saturated carbocycles. The summed E-state index contributed by atoms with van der Waals surface area (Å²) in [5.41, 5.74) is 0.751. The number of benzene rings is 1. The summed E-state index contributed by atoms with van der Waals surface area (Å²) in [6, 6.07) is 6.60. The van der Waals surface area contributed by atoms with Crippen LogP contribution in [-0.4, -0.2) is 77.3 Å². The predicted molar refractivity (Wildman–Crippen MR) is 134 cm³/mol. The molecule has 13 heteroatoms. The molecule has 2 aliphatic rings. The summed E-state index contributed by atoms with van der Waals surface area (Å²) in [6.45, 7) is 1.32. The molecular weight excluding hydrogens is 478 g/mol. The number of rotatable bonds is 9. The summed E-state index contributed by atoms with van der Waals surface area (Å²) in [6.07, 6.45) is 1.58. The number of nitrogens with zero attached hydrogens (tertiary/aromatic N) is 5. The standard InChI is InChI=1S/C24H29N9O4/c1-25-24(35)20-17(12-18(30-31-20)28-23(34)14-6-7-14)27-16-5-3-4-15(21(16)36-2)22-29-19(37-32-22)13-33-10-8-26-9-11-33/h3-5,12,14,26H,6-11,13H2,1-2H3,(H,25,35)(H2,27,28,30,34)/i1D3. The third-order valence-corrected chi connectivity index (χ3v) is 6.09. The monoisotopic (exact) mass is 510 g/mol. The molecule has 1 saturated heterocycles. The Hall–Kier alpha value is -4.10. The Kier molecular flexibility index (Phi) is 6.19. The van der Waals surface area contributed by atoms with E-state index in [1.54, 1.807) is 18.2 Å². The number of carbonyl (C=O) groups is 2. The van der Waals surface area contributed by atoms with Gasteiger partial charge in [-0.1, -0.05) is 11.2 Å². The number of ether oxygens (including phenoxy) is 1. The topological polar surface area (TPSA) is 159 Å². The van der Waals surface area contributed by atoms with Crippen molar-refractivity contribution in [1.29, 1.82) is 0 Å². The van der Waals surface area contributed by atoms with E-state index in [-0.39, 0.29) is 29.0 Å². The molecule has 1 aromatic carbocycles. The van der Waals surface area contributed by atoms with Crippen LogP contribution in [-0.2, 0) is 11.3 Å². The Balaban J connectivity index is 1.44. The minimum absolute atomic E-state index is 0.0834. The average Bonchev–Trinajstić information content (AvgIpc) is 3.67. The molecule has 13 nitrogen and oxygen atoms in total. The van der Waals surface area contributed by atoms with Gasteiger partial charge >= 0.3 is 0 Å². The van der Waals surface area contributed by atoms with Crippen LogP contribution in [0.25, 0.3) is 11.4 Å². The Morgan fingerprint density at radius 2 is 2.08 bits per heavy atom. The van der Waals surface area contributed by atoms with Crippen LogP contribution in [0.15, 0.2) is 28.8 Å². The third kappa shape index (κ3) is 5.67. The highest BCUT2D eigenvalue weighted by Gasteiger charge is 2.30. The molecule has 0 bridgehead atoms. The first-order chi connectivity index (χ1) is 19.2. The van der Waals surface area contributed by atoms with Gasteiger partial charge in [-0.15, -0.1) is 10.2 Å². The van der Waals surface area contributed by atoms with Crippen LogP contribution in [0.3, 0.4) is 0 Å². The summed E-state index contributed by atoms with van der Waals surface area (Å²) in [5, 5.41) is 22.9. The lowest BCUT2D eigenvalue weighted by Crippen LogP contribution is -2.42. The van der Waals surface area contributed by atoms with Crippen LogP contribution in [0.2, 0.25) is 0 Å². The molecule has 37 heavy (non-hydrogen) atoms. The number of methoxy groups -OCH3 is 1. The van der Waals surface area contributed by atoms with E-state index in [1.165, 1.54) is 13.2 Å². The fourth-order valence-electron chi connectivity index (χ4n) is 4.01. The molecule has 2 aromatic heterocycles. The Labute approximate surface area is 217 Å². The second-order valence-corrected chi connectivity index (χ2v) is 8.76. The first-order valence-electron chi connectivity index (χ1n) is 13.4. The minimum atomic E-state index is -2.74. The first kappa shape index (κ1) is 21.0. The van der Waals surface area contributed by atoms with Crippen molar-refractivity contribution < 1.29 is 23.0 Å². The molecule has 1 aliphatic carbocycles. The molecule has 0 unspecified atom stereocenters. The first-order valence-corrected chi connectivity index (χ1v) is 11.9. The van der Waals surface area contributed by atoms with E-state index in [1.807, 2.05) is 5.32 Å². The summed E-state index contributed by atoms with van der Waals surface area (Å²) < 4.78 is 33.3. The fourth-order valence-corrected chi connectivity index (χ4v) is 4.01. The SMILES string of the molecule is [2H]C([2H])([2H])NC(=O)c1nnc(NC(=O)C2CC2)cc1Nc1cccc(-c2noc(CN3CCNCC3)n2)c1OC. The molecule has 3 aromatic rings. The second-order valence-electron chi connectivity index (χ2n) is 8.76. The summed E-state index contributed by atoms with van der Waals surface area (Å²) in [5.74, 6) is -0.0177. The number of amides is 2. The van der Waals surface area contributed by atoms with Crippen molar-refractivity contribution in [1.82, 2.24) is 35.9 Å². The quantitative estimate of drug-likeness (QED) is 0.329. The van der Waals surface area contributed by atoms with Crippen LogP contribution in [0, 0.1) is 5.92 Å². The van der Waals surface area contributed by atoms with Gasteiger partial charge in [-0.3, -0.25) is 14.5 Å². The lowest BCUT2D eigenvalue weighted by atomic mass is 10.1. The maximum atomic E-state index is 12.8. The largest absolute Gasteiger partial charge is 0.494 e. The van der Waals surface area contributed by atoms with E-state index >= 15 is 0 Å². The van der Waals surface area contributed by atoms with E-state index < -0.39 is 12.9 Å². The van der Waals surface area contributed by atoms with Crippen molar-refractivity contribution in [2.24, 2.45) is 5.92 Å². The molecule has 1 aliphatic heterocycles.